The number of aryl methyl sites for hydroxylation is 1. The second-order valence-electron chi connectivity index (χ2n) is 9.22. The first-order valence-corrected chi connectivity index (χ1v) is 12.6. The smallest absolute Gasteiger partial charge is 0.351 e. The molecule has 9 nitrogen and oxygen atoms in total. The van der Waals surface area contributed by atoms with E-state index in [9.17, 15) is 15.4 Å². The van der Waals surface area contributed by atoms with Gasteiger partial charge in [-0.1, -0.05) is 41.4 Å². The number of nitriles is 1. The van der Waals surface area contributed by atoms with Gasteiger partial charge in [0, 0.05) is 28.8 Å². The van der Waals surface area contributed by atoms with E-state index in [4.69, 9.17) is 23.2 Å². The van der Waals surface area contributed by atoms with Crippen LogP contribution in [0.4, 0.5) is 23.0 Å². The summed E-state index contributed by atoms with van der Waals surface area (Å²) in [6, 6.07) is 13.0. The minimum absolute atomic E-state index is 0.0798. The highest BCUT2D eigenvalue weighted by atomic mass is 35.5. The number of rotatable bonds is 7. The molecule has 1 N–H and O–H groups in total. The van der Waals surface area contributed by atoms with Crippen LogP contribution in [0.3, 0.4) is 0 Å². The van der Waals surface area contributed by atoms with E-state index in [2.05, 4.69) is 33.3 Å². The van der Waals surface area contributed by atoms with Gasteiger partial charge in [-0.05, 0) is 74.8 Å². The molecule has 1 saturated heterocycles. The van der Waals surface area contributed by atoms with E-state index in [1.807, 2.05) is 24.9 Å². The number of piperidine rings is 1. The molecule has 1 atom stereocenters. The van der Waals surface area contributed by atoms with E-state index in [1.165, 1.54) is 6.33 Å². The number of benzene rings is 2. The molecule has 0 bridgehead atoms. The molecule has 1 aromatic heterocycles. The van der Waals surface area contributed by atoms with Crippen LogP contribution in [-0.2, 0) is 0 Å². The maximum atomic E-state index is 12.2. The van der Waals surface area contributed by atoms with E-state index in [-0.39, 0.29) is 23.4 Å². The van der Waals surface area contributed by atoms with Gasteiger partial charge in [0.25, 0.3) is 0 Å². The molecule has 4 rings (SSSR count). The van der Waals surface area contributed by atoms with Gasteiger partial charge in [-0.2, -0.15) is 5.26 Å². The van der Waals surface area contributed by atoms with Gasteiger partial charge in [-0.3, -0.25) is 10.1 Å². The third-order valence-electron chi connectivity index (χ3n) is 6.80. The van der Waals surface area contributed by atoms with Crippen LogP contribution in [0.15, 0.2) is 42.7 Å². The van der Waals surface area contributed by atoms with Crippen molar-refractivity contribution in [3.63, 3.8) is 0 Å². The second-order valence-corrected chi connectivity index (χ2v) is 10.1. The summed E-state index contributed by atoms with van der Waals surface area (Å²) in [5.74, 6) is -0.248. The summed E-state index contributed by atoms with van der Waals surface area (Å²) in [5, 5.41) is 26.1. The molecule has 11 heteroatoms. The largest absolute Gasteiger partial charge is 0.353 e. The first-order valence-electron chi connectivity index (χ1n) is 11.8. The quantitative estimate of drug-likeness (QED) is 0.290. The van der Waals surface area contributed by atoms with E-state index >= 15 is 0 Å². The molecule has 192 valence electrons. The number of nitrogens with one attached hydrogen (secondary N) is 1. The third-order valence-corrected chi connectivity index (χ3v) is 7.37. The number of aromatic nitrogens is 2. The standard InChI is InChI=1S/C26H27Cl2N7O2/c1-16-12-20(21(14-29)17-4-6-18(27)7-5-17)22(28)13-23(16)32-25-24(35(36)37)26(31-15-30-25)34(3)19-8-10-33(2)11-9-19/h4-7,12-13,15,19,21H,8-11H2,1-3H3,(H,30,31,32). The minimum atomic E-state index is -0.597. The molecule has 0 amide bonds. The van der Waals surface area contributed by atoms with Crippen LogP contribution in [-0.4, -0.2) is 53.0 Å². The molecular formula is C26H27Cl2N7O2. The Bertz CT molecular complexity index is 1340. The van der Waals surface area contributed by atoms with Gasteiger partial charge in [0.2, 0.25) is 11.6 Å². The van der Waals surface area contributed by atoms with Gasteiger partial charge < -0.3 is 15.1 Å². The summed E-state index contributed by atoms with van der Waals surface area (Å²) >= 11 is 12.6. The van der Waals surface area contributed by atoms with Crippen LogP contribution in [0.1, 0.15) is 35.4 Å². The normalized spacial score (nSPS) is 15.1. The third kappa shape index (κ3) is 5.77. The predicted molar refractivity (Wildman–Crippen MR) is 146 cm³/mol. The fraction of sp³-hybridized carbons (Fsp3) is 0.346. The van der Waals surface area contributed by atoms with Crippen molar-refractivity contribution < 1.29 is 4.92 Å². The van der Waals surface area contributed by atoms with Crippen molar-refractivity contribution in [1.29, 1.82) is 5.26 Å². The van der Waals surface area contributed by atoms with Gasteiger partial charge in [0.15, 0.2) is 0 Å². The Morgan fingerprint density at radius 3 is 2.51 bits per heavy atom. The SMILES string of the molecule is Cc1cc(C(C#N)c2ccc(Cl)cc2)c(Cl)cc1Nc1ncnc(N(C)C2CCN(C)CC2)c1[N+](=O)[O-]. The van der Waals surface area contributed by atoms with E-state index in [1.54, 1.807) is 30.3 Å². The van der Waals surface area contributed by atoms with E-state index in [0.717, 1.165) is 37.1 Å². The fourth-order valence-electron chi connectivity index (χ4n) is 4.61. The number of anilines is 3. The fourth-order valence-corrected chi connectivity index (χ4v) is 5.01. The zero-order valence-electron chi connectivity index (χ0n) is 20.8. The highest BCUT2D eigenvalue weighted by Crippen LogP contribution is 2.38. The molecule has 1 aliphatic rings. The molecule has 0 saturated carbocycles. The van der Waals surface area contributed by atoms with Crippen molar-refractivity contribution in [1.82, 2.24) is 14.9 Å². The Morgan fingerprint density at radius 2 is 1.89 bits per heavy atom. The molecule has 0 aliphatic carbocycles. The molecule has 2 aromatic carbocycles. The molecule has 0 spiro atoms. The Hall–Kier alpha value is -3.45. The Balaban J connectivity index is 1.66. The topological polar surface area (TPSA) is 111 Å². The second kappa shape index (κ2) is 11.3. The number of likely N-dealkylation sites (tertiary alicyclic amines) is 1. The molecule has 1 aliphatic heterocycles. The molecule has 2 heterocycles. The van der Waals surface area contributed by atoms with Gasteiger partial charge in [0.05, 0.1) is 16.9 Å². The number of hydrogen-bond acceptors (Lipinski definition) is 8. The summed E-state index contributed by atoms with van der Waals surface area (Å²) < 4.78 is 0. The van der Waals surface area contributed by atoms with Gasteiger partial charge in [-0.15, -0.1) is 0 Å². The first kappa shape index (κ1) is 26.6. The highest BCUT2D eigenvalue weighted by molar-refractivity contribution is 6.32. The number of nitrogens with zero attached hydrogens (tertiary/aromatic N) is 6. The van der Waals surface area contributed by atoms with Crippen molar-refractivity contribution in [2.75, 3.05) is 37.4 Å². The summed E-state index contributed by atoms with van der Waals surface area (Å²) in [7, 11) is 3.91. The molecule has 3 aromatic rings. The molecule has 37 heavy (non-hydrogen) atoms. The maximum absolute atomic E-state index is 12.2. The minimum Gasteiger partial charge on any atom is -0.351 e. The first-order chi connectivity index (χ1) is 17.7. The Labute approximate surface area is 225 Å². The van der Waals surface area contributed by atoms with Gasteiger partial charge >= 0.3 is 5.69 Å². The van der Waals surface area contributed by atoms with Crippen molar-refractivity contribution in [3.05, 3.63) is 79.6 Å². The molecule has 1 fully saturated rings. The molecular weight excluding hydrogens is 513 g/mol. The summed E-state index contributed by atoms with van der Waals surface area (Å²) in [6.07, 6.45) is 3.11. The van der Waals surface area contributed by atoms with Crippen molar-refractivity contribution >= 4 is 46.2 Å². The summed E-state index contributed by atoms with van der Waals surface area (Å²) in [5.41, 5.74) is 2.51. The van der Waals surface area contributed by atoms with Crippen LogP contribution in [0.5, 0.6) is 0 Å². The molecule has 0 radical (unpaired) electrons. The van der Waals surface area contributed by atoms with E-state index in [0.29, 0.717) is 21.3 Å². The van der Waals surface area contributed by atoms with Gasteiger partial charge in [-0.25, -0.2) is 9.97 Å². The Kier molecular flexibility index (Phi) is 8.13. The molecule has 1 unspecified atom stereocenters. The van der Waals surface area contributed by atoms with Crippen molar-refractivity contribution in [3.8, 4) is 6.07 Å². The average Bonchev–Trinajstić information content (AvgIpc) is 2.88. The lowest BCUT2D eigenvalue weighted by Crippen LogP contribution is -2.42. The highest BCUT2D eigenvalue weighted by Gasteiger charge is 2.31. The number of nitro groups is 1. The number of halogens is 2. The lowest BCUT2D eigenvalue weighted by atomic mass is 9.91. The Morgan fingerprint density at radius 1 is 1.22 bits per heavy atom. The zero-order chi connectivity index (χ0) is 26.7. The van der Waals surface area contributed by atoms with Gasteiger partial charge in [0.1, 0.15) is 6.33 Å². The van der Waals surface area contributed by atoms with Crippen molar-refractivity contribution in [2.45, 2.75) is 31.7 Å². The summed E-state index contributed by atoms with van der Waals surface area (Å²) in [6.45, 7) is 3.68. The zero-order valence-corrected chi connectivity index (χ0v) is 22.3. The average molecular weight is 540 g/mol. The summed E-state index contributed by atoms with van der Waals surface area (Å²) in [4.78, 5) is 24.3. The van der Waals surface area contributed by atoms with Crippen molar-refractivity contribution in [2.24, 2.45) is 0 Å². The lowest BCUT2D eigenvalue weighted by Gasteiger charge is -2.35. The van der Waals surface area contributed by atoms with E-state index < -0.39 is 10.8 Å². The van der Waals surface area contributed by atoms with Crippen LogP contribution in [0.2, 0.25) is 10.0 Å². The lowest BCUT2D eigenvalue weighted by molar-refractivity contribution is -0.383. The van der Waals surface area contributed by atoms with Crippen LogP contribution >= 0.6 is 23.2 Å². The predicted octanol–water partition coefficient (Wildman–Crippen LogP) is 5.93. The van der Waals surface area contributed by atoms with Crippen LogP contribution in [0, 0.1) is 28.4 Å². The van der Waals surface area contributed by atoms with Crippen LogP contribution in [0.25, 0.3) is 0 Å². The maximum Gasteiger partial charge on any atom is 0.353 e. The van der Waals surface area contributed by atoms with Crippen LogP contribution < -0.4 is 10.2 Å². The number of hydrogen-bond donors (Lipinski definition) is 1. The monoisotopic (exact) mass is 539 g/mol.